The zero-order valence-corrected chi connectivity index (χ0v) is 8.69. The first kappa shape index (κ1) is 9.49. The number of carboxylic acids is 1. The van der Waals surface area contributed by atoms with Crippen molar-refractivity contribution in [3.63, 3.8) is 0 Å². The molecule has 82 valence electrons. The van der Waals surface area contributed by atoms with E-state index < -0.39 is 12.1 Å². The highest BCUT2D eigenvalue weighted by Crippen LogP contribution is 2.42. The predicted octanol–water partition coefficient (Wildman–Crippen LogP) is 1.09. The number of thiophene rings is 1. The summed E-state index contributed by atoms with van der Waals surface area (Å²) in [6.07, 6.45) is -0.430. The normalized spacial score (nSPS) is 17.9. The molecule has 0 aromatic carbocycles. The van der Waals surface area contributed by atoms with Crippen molar-refractivity contribution in [1.29, 1.82) is 0 Å². The second-order valence-corrected chi connectivity index (χ2v) is 4.53. The molecule has 0 bridgehead atoms. The summed E-state index contributed by atoms with van der Waals surface area (Å²) < 4.78 is 4.59. The van der Waals surface area contributed by atoms with E-state index in [0.29, 0.717) is 28.2 Å². The van der Waals surface area contributed by atoms with Crippen LogP contribution in [0.25, 0.3) is 10.6 Å². The van der Waals surface area contributed by atoms with Crippen LogP contribution in [0, 0.1) is 0 Å². The van der Waals surface area contributed by atoms with Gasteiger partial charge >= 0.3 is 5.97 Å². The van der Waals surface area contributed by atoms with Gasteiger partial charge in [-0.05, 0) is 11.2 Å². The Hall–Kier alpha value is -1.73. The number of fused-ring (bicyclic) bond motifs is 3. The van der Waals surface area contributed by atoms with Crippen LogP contribution in [0.15, 0.2) is 10.7 Å². The molecule has 2 aromatic heterocycles. The highest BCUT2D eigenvalue weighted by molar-refractivity contribution is 7.17. The molecule has 16 heavy (non-hydrogen) atoms. The van der Waals surface area contributed by atoms with Crippen molar-refractivity contribution in [3.05, 3.63) is 22.2 Å². The molecular weight excluding hydrogens is 232 g/mol. The van der Waals surface area contributed by atoms with Crippen molar-refractivity contribution < 1.29 is 19.6 Å². The Morgan fingerprint density at radius 1 is 1.56 bits per heavy atom. The Balaban J connectivity index is 2.23. The summed E-state index contributed by atoms with van der Waals surface area (Å²) in [4.78, 5) is 11.7. The monoisotopic (exact) mass is 238 g/mol. The van der Waals surface area contributed by atoms with Gasteiger partial charge < -0.3 is 10.2 Å². The first-order valence-corrected chi connectivity index (χ1v) is 5.35. The molecule has 0 saturated heterocycles. The molecule has 7 heteroatoms. The topological polar surface area (TPSA) is 96.5 Å². The summed E-state index contributed by atoms with van der Waals surface area (Å²) in [6.45, 7) is 0. The number of aromatic carboxylic acids is 1. The molecule has 1 atom stereocenters. The maximum Gasteiger partial charge on any atom is 0.345 e. The summed E-state index contributed by atoms with van der Waals surface area (Å²) in [5, 5.41) is 26.1. The molecule has 2 heterocycles. The fourth-order valence-electron chi connectivity index (χ4n) is 1.75. The fraction of sp³-hybridized carbons (Fsp3) is 0.222. The van der Waals surface area contributed by atoms with Crippen molar-refractivity contribution in [2.45, 2.75) is 12.5 Å². The average molecular weight is 238 g/mol. The lowest BCUT2D eigenvalue weighted by molar-refractivity contribution is 0.0702. The molecule has 0 saturated carbocycles. The van der Waals surface area contributed by atoms with Gasteiger partial charge in [0, 0.05) is 12.0 Å². The Morgan fingerprint density at radius 3 is 3.12 bits per heavy atom. The number of aliphatic hydroxyl groups excluding tert-OH is 1. The number of hydrogen-bond donors (Lipinski definition) is 2. The van der Waals surface area contributed by atoms with Gasteiger partial charge in [-0.15, -0.1) is 11.3 Å². The number of hydrogen-bond acceptors (Lipinski definition) is 6. The van der Waals surface area contributed by atoms with Gasteiger partial charge in [0.2, 0.25) is 0 Å². The van der Waals surface area contributed by atoms with E-state index in [9.17, 15) is 9.90 Å². The van der Waals surface area contributed by atoms with Crippen LogP contribution in [0.3, 0.4) is 0 Å². The minimum absolute atomic E-state index is 0.180. The van der Waals surface area contributed by atoms with E-state index in [1.165, 1.54) is 6.07 Å². The van der Waals surface area contributed by atoms with Gasteiger partial charge in [-0.3, -0.25) is 0 Å². The Kier molecular flexibility index (Phi) is 1.86. The van der Waals surface area contributed by atoms with Gasteiger partial charge in [0.05, 0.1) is 11.0 Å². The van der Waals surface area contributed by atoms with Crippen LogP contribution >= 0.6 is 11.3 Å². The van der Waals surface area contributed by atoms with Crippen molar-refractivity contribution in [3.8, 4) is 10.6 Å². The van der Waals surface area contributed by atoms with Crippen LogP contribution in [0.4, 0.5) is 0 Å². The average Bonchev–Trinajstić information content (AvgIpc) is 2.80. The molecule has 6 nitrogen and oxygen atoms in total. The van der Waals surface area contributed by atoms with Gasteiger partial charge in [-0.1, -0.05) is 5.16 Å². The van der Waals surface area contributed by atoms with Crippen LogP contribution in [0.1, 0.15) is 27.0 Å². The van der Waals surface area contributed by atoms with Crippen LogP contribution < -0.4 is 0 Å². The molecule has 1 unspecified atom stereocenters. The standard InChI is InChI=1S/C9H6N2O4S/c12-5-2-4-7(11-15-10-4)8-3(5)1-6(16-8)9(13)14/h1,5,12H,2H2,(H,13,14). The van der Waals surface area contributed by atoms with Gasteiger partial charge in [-0.2, -0.15) is 0 Å². The first-order chi connectivity index (χ1) is 7.66. The summed E-state index contributed by atoms with van der Waals surface area (Å²) >= 11 is 1.07. The third kappa shape index (κ3) is 1.18. The van der Waals surface area contributed by atoms with E-state index in [4.69, 9.17) is 5.11 Å². The number of carbonyl (C=O) groups is 1. The van der Waals surface area contributed by atoms with Gasteiger partial charge in [-0.25, -0.2) is 9.42 Å². The number of aromatic nitrogens is 2. The third-order valence-corrected chi connectivity index (χ3v) is 3.63. The lowest BCUT2D eigenvalue weighted by atomic mass is 9.97. The molecule has 0 fully saturated rings. The van der Waals surface area contributed by atoms with E-state index in [-0.39, 0.29) is 4.88 Å². The SMILES string of the molecule is O=C(O)c1cc2c(s1)-c1nonc1CC2O. The second-order valence-electron chi connectivity index (χ2n) is 3.48. The molecule has 1 aliphatic carbocycles. The number of nitrogens with zero attached hydrogens (tertiary/aromatic N) is 2. The molecule has 0 aliphatic heterocycles. The minimum atomic E-state index is -1.01. The largest absolute Gasteiger partial charge is 0.477 e. The quantitative estimate of drug-likeness (QED) is 0.771. The van der Waals surface area contributed by atoms with Crippen LogP contribution in [0.5, 0.6) is 0 Å². The summed E-state index contributed by atoms with van der Waals surface area (Å²) in [6, 6.07) is 1.48. The summed E-state index contributed by atoms with van der Waals surface area (Å²) in [5.74, 6) is -1.01. The van der Waals surface area contributed by atoms with Gasteiger partial charge in [0.15, 0.2) is 0 Å². The lowest BCUT2D eigenvalue weighted by Crippen LogP contribution is -2.08. The zero-order valence-electron chi connectivity index (χ0n) is 7.88. The van der Waals surface area contributed by atoms with Gasteiger partial charge in [0.1, 0.15) is 16.3 Å². The van der Waals surface area contributed by atoms with Crippen molar-refractivity contribution in [1.82, 2.24) is 10.3 Å². The van der Waals surface area contributed by atoms with E-state index in [0.717, 1.165) is 11.3 Å². The number of aliphatic hydroxyl groups is 1. The maximum atomic E-state index is 10.8. The Bertz CT molecular complexity index is 574. The fourth-order valence-corrected chi connectivity index (χ4v) is 2.81. The predicted molar refractivity (Wildman–Crippen MR) is 53.2 cm³/mol. The van der Waals surface area contributed by atoms with Crippen molar-refractivity contribution >= 4 is 17.3 Å². The summed E-state index contributed by atoms with van der Waals surface area (Å²) in [7, 11) is 0. The zero-order chi connectivity index (χ0) is 11.3. The van der Waals surface area contributed by atoms with Crippen LogP contribution in [-0.4, -0.2) is 26.5 Å². The Morgan fingerprint density at radius 2 is 2.38 bits per heavy atom. The van der Waals surface area contributed by atoms with Crippen LogP contribution in [0.2, 0.25) is 0 Å². The van der Waals surface area contributed by atoms with E-state index in [1.807, 2.05) is 0 Å². The van der Waals surface area contributed by atoms with Crippen molar-refractivity contribution in [2.75, 3.05) is 0 Å². The lowest BCUT2D eigenvalue weighted by Gasteiger charge is -2.14. The van der Waals surface area contributed by atoms with E-state index >= 15 is 0 Å². The van der Waals surface area contributed by atoms with Crippen LogP contribution in [-0.2, 0) is 6.42 Å². The molecular formula is C9H6N2O4S. The molecule has 0 amide bonds. The molecule has 1 aliphatic rings. The Labute approximate surface area is 93.1 Å². The molecule has 0 spiro atoms. The molecule has 2 aromatic rings. The molecule has 2 N–H and O–H groups in total. The highest BCUT2D eigenvalue weighted by Gasteiger charge is 2.30. The smallest absolute Gasteiger partial charge is 0.345 e. The maximum absolute atomic E-state index is 10.8. The summed E-state index contributed by atoms with van der Waals surface area (Å²) in [5.41, 5.74) is 1.70. The molecule has 0 radical (unpaired) electrons. The molecule has 3 rings (SSSR count). The van der Waals surface area contributed by atoms with E-state index in [2.05, 4.69) is 14.9 Å². The second kappa shape index (κ2) is 3.13. The highest BCUT2D eigenvalue weighted by atomic mass is 32.1. The van der Waals surface area contributed by atoms with Gasteiger partial charge in [0.25, 0.3) is 0 Å². The first-order valence-electron chi connectivity index (χ1n) is 4.53. The third-order valence-electron chi connectivity index (χ3n) is 2.49. The van der Waals surface area contributed by atoms with Crippen molar-refractivity contribution in [2.24, 2.45) is 0 Å². The van der Waals surface area contributed by atoms with E-state index in [1.54, 1.807) is 0 Å². The number of carboxylic acid groups (broad SMARTS) is 1. The number of rotatable bonds is 1. The minimum Gasteiger partial charge on any atom is -0.477 e.